The molecule has 1 unspecified atom stereocenters. The predicted molar refractivity (Wildman–Crippen MR) is 111 cm³/mol. The number of hydrogen-bond acceptors (Lipinski definition) is 5. The average Bonchev–Trinajstić information content (AvgIpc) is 3.14. The van der Waals surface area contributed by atoms with Crippen LogP contribution in [0.25, 0.3) is 0 Å². The molecule has 2 aromatic carbocycles. The summed E-state index contributed by atoms with van der Waals surface area (Å²) in [4.78, 5) is 41.0. The predicted octanol–water partition coefficient (Wildman–Crippen LogP) is 1.67. The molecule has 0 bridgehead atoms. The molecule has 150 valence electrons. The van der Waals surface area contributed by atoms with Crippen molar-refractivity contribution in [3.8, 4) is 0 Å². The van der Waals surface area contributed by atoms with Crippen molar-refractivity contribution in [2.45, 2.75) is 5.54 Å². The fourth-order valence-electron chi connectivity index (χ4n) is 3.10. The minimum absolute atomic E-state index is 0.0212. The van der Waals surface area contributed by atoms with E-state index in [1.807, 2.05) is 0 Å². The summed E-state index contributed by atoms with van der Waals surface area (Å²) in [5.74, 6) is -1.76. The molecule has 1 atom stereocenters. The van der Waals surface area contributed by atoms with Crippen LogP contribution in [0, 0.1) is 0 Å². The Morgan fingerprint density at radius 1 is 1.07 bits per heavy atom. The first kappa shape index (κ1) is 20.8. The molecule has 0 saturated heterocycles. The Hall–Kier alpha value is -2.94. The lowest BCUT2D eigenvalue weighted by molar-refractivity contribution is -0.123. The highest BCUT2D eigenvalue weighted by Gasteiger charge is 2.49. The molecular formula is C19H17Cl2N5O3. The third-order valence-corrected chi connectivity index (χ3v) is 5.14. The van der Waals surface area contributed by atoms with Crippen LogP contribution in [0.15, 0.2) is 47.5 Å². The van der Waals surface area contributed by atoms with Crippen LogP contribution in [0.3, 0.4) is 0 Å². The fourth-order valence-corrected chi connectivity index (χ4v) is 3.67. The van der Waals surface area contributed by atoms with Crippen LogP contribution in [-0.2, 0) is 15.1 Å². The van der Waals surface area contributed by atoms with Gasteiger partial charge in [-0.15, -0.1) is 0 Å². The minimum atomic E-state index is -1.56. The van der Waals surface area contributed by atoms with Gasteiger partial charge in [-0.25, -0.2) is 0 Å². The number of rotatable bonds is 5. The van der Waals surface area contributed by atoms with Crippen LogP contribution in [0.1, 0.15) is 15.9 Å². The maximum absolute atomic E-state index is 12.5. The van der Waals surface area contributed by atoms with Gasteiger partial charge in [-0.3, -0.25) is 24.7 Å². The monoisotopic (exact) mass is 433 g/mol. The van der Waals surface area contributed by atoms with Crippen molar-refractivity contribution in [3.63, 3.8) is 0 Å². The number of primary amides is 1. The first-order valence-corrected chi connectivity index (χ1v) is 9.24. The van der Waals surface area contributed by atoms with Crippen LogP contribution in [0.4, 0.5) is 5.69 Å². The molecule has 1 aliphatic rings. The zero-order chi connectivity index (χ0) is 21.2. The van der Waals surface area contributed by atoms with E-state index in [1.54, 1.807) is 42.5 Å². The van der Waals surface area contributed by atoms with Gasteiger partial charge in [0.2, 0.25) is 5.91 Å². The highest BCUT2D eigenvalue weighted by Crippen LogP contribution is 2.29. The van der Waals surface area contributed by atoms with E-state index in [0.29, 0.717) is 11.3 Å². The maximum Gasteiger partial charge on any atom is 0.267 e. The Balaban J connectivity index is 1.90. The Morgan fingerprint density at radius 2 is 1.69 bits per heavy atom. The van der Waals surface area contributed by atoms with Crippen LogP contribution < -0.4 is 21.7 Å². The topological polar surface area (TPSA) is 126 Å². The van der Waals surface area contributed by atoms with Gasteiger partial charge in [0.05, 0.1) is 22.3 Å². The minimum Gasteiger partial charge on any atom is -0.367 e. The summed E-state index contributed by atoms with van der Waals surface area (Å²) in [5.41, 5.74) is 5.04. The largest absolute Gasteiger partial charge is 0.367 e. The van der Waals surface area contributed by atoms with Gasteiger partial charge < -0.3 is 16.4 Å². The van der Waals surface area contributed by atoms with Crippen molar-refractivity contribution < 1.29 is 14.4 Å². The molecule has 5 N–H and O–H groups in total. The molecule has 1 aliphatic heterocycles. The smallest absolute Gasteiger partial charge is 0.267 e. The SMILES string of the molecule is CNC(=O)C1=NCNC1(C(N)=O)c1ccc(NC(=O)c2c(Cl)cccc2Cl)cc1. The first-order valence-electron chi connectivity index (χ1n) is 8.49. The molecule has 0 spiro atoms. The van der Waals surface area contributed by atoms with Crippen molar-refractivity contribution in [2.75, 3.05) is 19.0 Å². The first-order chi connectivity index (χ1) is 13.8. The summed E-state index contributed by atoms with van der Waals surface area (Å²) in [6.45, 7) is 0.0647. The molecule has 10 heteroatoms. The highest BCUT2D eigenvalue weighted by atomic mass is 35.5. The molecule has 0 radical (unpaired) electrons. The van der Waals surface area contributed by atoms with Crippen LogP contribution >= 0.6 is 23.2 Å². The summed E-state index contributed by atoms with van der Waals surface area (Å²) >= 11 is 12.1. The molecule has 3 rings (SSSR count). The number of hydrogen-bond donors (Lipinski definition) is 4. The van der Waals surface area contributed by atoms with Crippen molar-refractivity contribution >= 4 is 52.3 Å². The van der Waals surface area contributed by atoms with Crippen molar-refractivity contribution in [2.24, 2.45) is 10.7 Å². The third-order valence-electron chi connectivity index (χ3n) is 4.51. The molecule has 0 aromatic heterocycles. The molecule has 1 heterocycles. The number of carbonyl (C=O) groups is 3. The second kappa shape index (κ2) is 8.20. The number of aliphatic imine (C=N–C) groups is 1. The van der Waals surface area contributed by atoms with Crippen molar-refractivity contribution in [1.29, 1.82) is 0 Å². The molecule has 29 heavy (non-hydrogen) atoms. The van der Waals surface area contributed by atoms with Crippen molar-refractivity contribution in [1.82, 2.24) is 10.6 Å². The van der Waals surface area contributed by atoms with Crippen LogP contribution in [-0.4, -0.2) is 37.1 Å². The molecule has 0 saturated carbocycles. The molecular weight excluding hydrogens is 417 g/mol. The maximum atomic E-state index is 12.5. The van der Waals surface area contributed by atoms with Crippen LogP contribution in [0.2, 0.25) is 10.0 Å². The highest BCUT2D eigenvalue weighted by molar-refractivity contribution is 6.47. The lowest BCUT2D eigenvalue weighted by Gasteiger charge is -2.27. The van der Waals surface area contributed by atoms with Crippen molar-refractivity contribution in [3.05, 3.63) is 63.6 Å². The van der Waals surface area contributed by atoms with Gasteiger partial charge in [-0.05, 0) is 29.8 Å². The van der Waals surface area contributed by atoms with E-state index in [4.69, 9.17) is 28.9 Å². The van der Waals surface area contributed by atoms with Gasteiger partial charge in [-0.2, -0.15) is 0 Å². The van der Waals surface area contributed by atoms with E-state index < -0.39 is 23.3 Å². The van der Waals surface area contributed by atoms with Crippen LogP contribution in [0.5, 0.6) is 0 Å². The Labute approximate surface area is 176 Å². The molecule has 8 nitrogen and oxygen atoms in total. The Morgan fingerprint density at radius 3 is 2.24 bits per heavy atom. The summed E-state index contributed by atoms with van der Waals surface area (Å²) in [5, 5.41) is 8.48. The number of halogens is 2. The Bertz CT molecular complexity index is 1000. The van der Waals surface area contributed by atoms with Gasteiger partial charge in [0.15, 0.2) is 5.54 Å². The van der Waals surface area contributed by atoms with E-state index in [0.717, 1.165) is 0 Å². The second-order valence-corrected chi connectivity index (χ2v) is 6.98. The van der Waals surface area contributed by atoms with E-state index in [-0.39, 0.29) is 28.0 Å². The zero-order valence-corrected chi connectivity index (χ0v) is 16.8. The van der Waals surface area contributed by atoms with E-state index >= 15 is 0 Å². The number of nitrogens with zero attached hydrogens (tertiary/aromatic N) is 1. The number of nitrogens with two attached hydrogens (primary N) is 1. The van der Waals surface area contributed by atoms with Gasteiger partial charge in [-0.1, -0.05) is 41.4 Å². The number of carbonyl (C=O) groups excluding carboxylic acids is 3. The average molecular weight is 434 g/mol. The fraction of sp³-hybridized carbons (Fsp3) is 0.158. The Kier molecular flexibility index (Phi) is 5.88. The number of anilines is 1. The van der Waals surface area contributed by atoms with Gasteiger partial charge in [0.25, 0.3) is 11.8 Å². The number of amides is 3. The van der Waals surface area contributed by atoms with Gasteiger partial charge >= 0.3 is 0 Å². The molecule has 2 aromatic rings. The second-order valence-electron chi connectivity index (χ2n) is 6.16. The zero-order valence-electron chi connectivity index (χ0n) is 15.3. The van der Waals surface area contributed by atoms with Gasteiger partial charge in [0, 0.05) is 12.7 Å². The summed E-state index contributed by atoms with van der Waals surface area (Å²) in [7, 11) is 1.44. The van der Waals surface area contributed by atoms with E-state index in [9.17, 15) is 14.4 Å². The number of nitrogens with one attached hydrogen (secondary N) is 3. The normalized spacial score (nSPS) is 18.1. The summed E-state index contributed by atoms with van der Waals surface area (Å²) < 4.78 is 0. The third kappa shape index (κ3) is 3.69. The summed E-state index contributed by atoms with van der Waals surface area (Å²) in [6, 6.07) is 11.1. The molecule has 0 fully saturated rings. The van der Waals surface area contributed by atoms with E-state index in [1.165, 1.54) is 7.05 Å². The lowest BCUT2D eigenvalue weighted by atomic mass is 9.84. The summed E-state index contributed by atoms with van der Waals surface area (Å²) in [6.07, 6.45) is 0. The molecule has 3 amide bonds. The quantitative estimate of drug-likeness (QED) is 0.571. The van der Waals surface area contributed by atoms with Gasteiger partial charge in [0.1, 0.15) is 5.71 Å². The van der Waals surface area contributed by atoms with E-state index in [2.05, 4.69) is 20.9 Å². The standard InChI is InChI=1S/C19H17Cl2N5O3/c1-23-17(28)15-19(18(22)29,25-9-24-15)10-5-7-11(8-6-10)26-16(27)14-12(20)3-2-4-13(14)21/h2-8,25H,9H2,1H3,(H2,22,29)(H,23,28)(H,26,27). The lowest BCUT2D eigenvalue weighted by Crippen LogP contribution is -2.58. The number of benzene rings is 2. The molecule has 0 aliphatic carbocycles.